The van der Waals surface area contributed by atoms with Crippen molar-refractivity contribution < 1.29 is 9.66 Å². The molecule has 1 aromatic carbocycles. The number of nitrogens with zero attached hydrogens (tertiary/aromatic N) is 2. The molecule has 0 unspecified atom stereocenters. The minimum atomic E-state index is -0.574. The first kappa shape index (κ1) is 12.8. The summed E-state index contributed by atoms with van der Waals surface area (Å²) < 4.78 is 6.07. The second kappa shape index (κ2) is 5.32. The zero-order chi connectivity index (χ0) is 13.1. The minimum Gasteiger partial charge on any atom is -0.432 e. The number of pyridine rings is 1. The molecule has 0 N–H and O–H groups in total. The molecule has 0 spiro atoms. The Morgan fingerprint density at radius 1 is 1.28 bits per heavy atom. The van der Waals surface area contributed by atoms with Crippen molar-refractivity contribution in [2.45, 2.75) is 0 Å². The summed E-state index contributed by atoms with van der Waals surface area (Å²) in [6, 6.07) is 9.56. The third-order valence-corrected chi connectivity index (χ3v) is 2.91. The van der Waals surface area contributed by atoms with E-state index in [0.29, 0.717) is 10.2 Å². The highest BCUT2D eigenvalue weighted by Crippen LogP contribution is 2.34. The van der Waals surface area contributed by atoms with Gasteiger partial charge in [0.2, 0.25) is 0 Å². The normalized spacial score (nSPS) is 10.1. The first-order valence-corrected chi connectivity index (χ1v) is 5.98. The van der Waals surface area contributed by atoms with E-state index in [9.17, 15) is 10.1 Å². The van der Waals surface area contributed by atoms with Crippen molar-refractivity contribution in [2.24, 2.45) is 0 Å². The SMILES string of the molecule is O=[N+]([O-])c1ccc(Cl)nc1Oc1ccccc1Br. The second-order valence-electron chi connectivity index (χ2n) is 3.25. The zero-order valence-electron chi connectivity index (χ0n) is 8.84. The van der Waals surface area contributed by atoms with E-state index < -0.39 is 4.92 Å². The van der Waals surface area contributed by atoms with Crippen molar-refractivity contribution in [1.82, 2.24) is 4.98 Å². The van der Waals surface area contributed by atoms with Gasteiger partial charge in [0, 0.05) is 6.07 Å². The van der Waals surface area contributed by atoms with Gasteiger partial charge in [-0.2, -0.15) is 4.98 Å². The first-order chi connectivity index (χ1) is 8.58. The van der Waals surface area contributed by atoms with Gasteiger partial charge in [-0.1, -0.05) is 23.7 Å². The van der Waals surface area contributed by atoms with Crippen LogP contribution in [0.5, 0.6) is 11.6 Å². The standard InChI is InChI=1S/C11H6BrClN2O3/c12-7-3-1-2-4-9(7)18-11-8(15(16)17)5-6-10(13)14-11/h1-6H. The van der Waals surface area contributed by atoms with E-state index in [0.717, 1.165) is 0 Å². The Balaban J connectivity index is 2.42. The largest absolute Gasteiger partial charge is 0.432 e. The minimum absolute atomic E-state index is 0.127. The lowest BCUT2D eigenvalue weighted by molar-refractivity contribution is -0.386. The smallest absolute Gasteiger partial charge is 0.331 e. The molecule has 1 aromatic heterocycles. The first-order valence-electron chi connectivity index (χ1n) is 4.81. The van der Waals surface area contributed by atoms with E-state index in [1.54, 1.807) is 24.3 Å². The predicted molar refractivity (Wildman–Crippen MR) is 70.1 cm³/mol. The van der Waals surface area contributed by atoms with E-state index in [4.69, 9.17) is 16.3 Å². The van der Waals surface area contributed by atoms with Crippen LogP contribution in [0.4, 0.5) is 5.69 Å². The maximum absolute atomic E-state index is 10.8. The van der Waals surface area contributed by atoms with Gasteiger partial charge in [-0.05, 0) is 34.1 Å². The third kappa shape index (κ3) is 2.77. The van der Waals surface area contributed by atoms with Crippen LogP contribution in [0, 0.1) is 10.1 Å². The van der Waals surface area contributed by atoms with Gasteiger partial charge >= 0.3 is 11.6 Å². The summed E-state index contributed by atoms with van der Waals surface area (Å²) in [6.07, 6.45) is 0. The van der Waals surface area contributed by atoms with Crippen molar-refractivity contribution >= 4 is 33.2 Å². The van der Waals surface area contributed by atoms with Crippen LogP contribution in [0.3, 0.4) is 0 Å². The molecule has 0 bridgehead atoms. The molecule has 0 aliphatic heterocycles. The molecule has 0 amide bonds. The number of rotatable bonds is 3. The Bertz CT molecular complexity index is 607. The van der Waals surface area contributed by atoms with Crippen LogP contribution >= 0.6 is 27.5 Å². The zero-order valence-corrected chi connectivity index (χ0v) is 11.2. The molecule has 1 heterocycles. The maximum Gasteiger partial charge on any atom is 0.331 e. The molecule has 2 rings (SSSR count). The fourth-order valence-corrected chi connectivity index (χ4v) is 1.76. The van der Waals surface area contributed by atoms with Crippen molar-refractivity contribution in [2.75, 3.05) is 0 Å². The van der Waals surface area contributed by atoms with Crippen LogP contribution in [0.15, 0.2) is 40.9 Å². The highest BCUT2D eigenvalue weighted by Gasteiger charge is 2.18. The number of ether oxygens (including phenoxy) is 1. The van der Waals surface area contributed by atoms with E-state index >= 15 is 0 Å². The summed E-state index contributed by atoms with van der Waals surface area (Å²) in [4.78, 5) is 14.1. The fourth-order valence-electron chi connectivity index (χ4n) is 1.26. The van der Waals surface area contributed by atoms with Crippen molar-refractivity contribution in [3.8, 4) is 11.6 Å². The fraction of sp³-hybridized carbons (Fsp3) is 0. The summed E-state index contributed by atoms with van der Waals surface area (Å²) in [6.45, 7) is 0. The van der Waals surface area contributed by atoms with Gasteiger partial charge < -0.3 is 4.74 Å². The van der Waals surface area contributed by atoms with Crippen LogP contribution in [-0.4, -0.2) is 9.91 Å². The monoisotopic (exact) mass is 328 g/mol. The molecule has 0 atom stereocenters. The maximum atomic E-state index is 10.8. The van der Waals surface area contributed by atoms with E-state index in [2.05, 4.69) is 20.9 Å². The summed E-state index contributed by atoms with van der Waals surface area (Å²) in [7, 11) is 0. The lowest BCUT2D eigenvalue weighted by Gasteiger charge is -2.06. The van der Waals surface area contributed by atoms with E-state index in [-0.39, 0.29) is 16.7 Å². The molecule has 0 aliphatic carbocycles. The number of aromatic nitrogens is 1. The Morgan fingerprint density at radius 2 is 2.00 bits per heavy atom. The number of halogens is 2. The van der Waals surface area contributed by atoms with E-state index in [1.165, 1.54) is 12.1 Å². The molecule has 0 aliphatic rings. The average molecular weight is 330 g/mol. The van der Waals surface area contributed by atoms with E-state index in [1.807, 2.05) is 0 Å². The number of para-hydroxylation sites is 1. The lowest BCUT2D eigenvalue weighted by Crippen LogP contribution is -1.96. The van der Waals surface area contributed by atoms with Gasteiger partial charge in [0.1, 0.15) is 10.9 Å². The van der Waals surface area contributed by atoms with Gasteiger partial charge in [-0.25, -0.2) is 0 Å². The summed E-state index contributed by atoms with van der Waals surface area (Å²) in [5.41, 5.74) is -0.241. The Kier molecular flexibility index (Phi) is 3.78. The Labute approximate surface area is 116 Å². The molecule has 0 saturated heterocycles. The second-order valence-corrected chi connectivity index (χ2v) is 4.49. The highest BCUT2D eigenvalue weighted by molar-refractivity contribution is 9.10. The van der Waals surface area contributed by atoms with Gasteiger partial charge in [0.05, 0.1) is 9.40 Å². The molecule has 5 nitrogen and oxygen atoms in total. The van der Waals surface area contributed by atoms with Crippen LogP contribution < -0.4 is 4.74 Å². The topological polar surface area (TPSA) is 65.3 Å². The summed E-state index contributed by atoms with van der Waals surface area (Å²) >= 11 is 8.98. The predicted octanol–water partition coefficient (Wildman–Crippen LogP) is 4.20. The van der Waals surface area contributed by atoms with Gasteiger partial charge in [0.25, 0.3) is 0 Å². The van der Waals surface area contributed by atoms with Crippen LogP contribution in [0.2, 0.25) is 5.15 Å². The Hall–Kier alpha value is -1.66. The molecule has 0 radical (unpaired) electrons. The van der Waals surface area contributed by atoms with Crippen molar-refractivity contribution in [1.29, 1.82) is 0 Å². The number of benzene rings is 1. The number of hydrogen-bond donors (Lipinski definition) is 0. The molecular formula is C11H6BrClN2O3. The van der Waals surface area contributed by atoms with Gasteiger partial charge in [-0.3, -0.25) is 10.1 Å². The quantitative estimate of drug-likeness (QED) is 0.481. The van der Waals surface area contributed by atoms with Crippen LogP contribution in [-0.2, 0) is 0 Å². The molecule has 0 saturated carbocycles. The molecule has 18 heavy (non-hydrogen) atoms. The Morgan fingerprint density at radius 3 is 2.67 bits per heavy atom. The summed E-state index contributed by atoms with van der Waals surface area (Å²) in [5.74, 6) is 0.287. The van der Waals surface area contributed by atoms with Crippen LogP contribution in [0.1, 0.15) is 0 Å². The van der Waals surface area contributed by atoms with Crippen molar-refractivity contribution in [3.05, 3.63) is 56.1 Å². The number of nitro groups is 1. The molecular weight excluding hydrogens is 323 g/mol. The summed E-state index contributed by atoms with van der Waals surface area (Å²) in [5, 5.41) is 11.0. The molecule has 7 heteroatoms. The van der Waals surface area contributed by atoms with Gasteiger partial charge in [-0.15, -0.1) is 0 Å². The third-order valence-electron chi connectivity index (χ3n) is 2.05. The highest BCUT2D eigenvalue weighted by atomic mass is 79.9. The number of hydrogen-bond acceptors (Lipinski definition) is 4. The average Bonchev–Trinajstić information content (AvgIpc) is 2.32. The molecule has 2 aromatic rings. The lowest BCUT2D eigenvalue weighted by atomic mass is 10.3. The van der Waals surface area contributed by atoms with Crippen LogP contribution in [0.25, 0.3) is 0 Å². The molecule has 92 valence electrons. The van der Waals surface area contributed by atoms with Crippen molar-refractivity contribution in [3.63, 3.8) is 0 Å². The molecule has 0 fully saturated rings. The van der Waals surface area contributed by atoms with Gasteiger partial charge in [0.15, 0.2) is 0 Å².